The van der Waals surface area contributed by atoms with Crippen LogP contribution in [-0.4, -0.2) is 19.1 Å². The van der Waals surface area contributed by atoms with Gasteiger partial charge in [-0.1, -0.05) is 19.9 Å². The molecule has 0 bridgehead atoms. The summed E-state index contributed by atoms with van der Waals surface area (Å²) in [6, 6.07) is 6.61. The van der Waals surface area contributed by atoms with Gasteiger partial charge in [0.1, 0.15) is 0 Å². The van der Waals surface area contributed by atoms with E-state index in [9.17, 15) is 0 Å². The summed E-state index contributed by atoms with van der Waals surface area (Å²) in [4.78, 5) is 0. The largest absolute Gasteiger partial charge is 0.259 e. The van der Waals surface area contributed by atoms with Gasteiger partial charge in [0.15, 0.2) is 0 Å². The van der Waals surface area contributed by atoms with E-state index in [4.69, 9.17) is 0 Å². The maximum Gasteiger partial charge on any atom is 0.0847 e. The zero-order valence-corrected chi connectivity index (χ0v) is 9.20. The second kappa shape index (κ2) is 3.26. The van der Waals surface area contributed by atoms with Gasteiger partial charge in [-0.05, 0) is 23.6 Å². The zero-order chi connectivity index (χ0) is 10.3. The Balaban J connectivity index is 2.12. The van der Waals surface area contributed by atoms with E-state index in [1.54, 1.807) is 0 Å². The van der Waals surface area contributed by atoms with Crippen LogP contribution >= 0.6 is 0 Å². The van der Waals surface area contributed by atoms with Crippen molar-refractivity contribution in [2.75, 3.05) is 19.1 Å². The van der Waals surface area contributed by atoms with Crippen LogP contribution < -0.4 is 10.5 Å². The van der Waals surface area contributed by atoms with E-state index in [-0.39, 0.29) is 0 Å². The molecule has 0 saturated heterocycles. The molecule has 76 valence electrons. The number of nitrogens with zero attached hydrogens (tertiary/aromatic N) is 2. The minimum Gasteiger partial charge on any atom is -0.259 e. The van der Waals surface area contributed by atoms with Gasteiger partial charge in [0.25, 0.3) is 0 Å². The highest BCUT2D eigenvalue weighted by molar-refractivity contribution is 5.92. The van der Waals surface area contributed by atoms with E-state index in [2.05, 4.69) is 42.6 Å². The zero-order valence-electron chi connectivity index (χ0n) is 9.20. The molecule has 0 aliphatic carbocycles. The molecule has 0 fully saturated rings. The summed E-state index contributed by atoms with van der Waals surface area (Å²) in [5.41, 5.74) is 7.19. The Morgan fingerprint density at radius 3 is 2.50 bits per heavy atom. The minimum atomic E-state index is 0.599. The summed E-state index contributed by atoms with van der Waals surface area (Å²) in [7, 11) is 3.98. The van der Waals surface area contributed by atoms with Gasteiger partial charge >= 0.3 is 0 Å². The lowest BCUT2D eigenvalue weighted by Gasteiger charge is -2.12. The maximum absolute atomic E-state index is 3.21. The van der Waals surface area contributed by atoms with Gasteiger partial charge in [-0.25, -0.2) is 5.01 Å². The van der Waals surface area contributed by atoms with Crippen molar-refractivity contribution in [3.05, 3.63) is 23.8 Å². The van der Waals surface area contributed by atoms with E-state index >= 15 is 0 Å². The molecule has 0 atom stereocenters. The van der Waals surface area contributed by atoms with Crippen molar-refractivity contribution in [1.29, 1.82) is 0 Å². The Kier molecular flexibility index (Phi) is 2.21. The predicted octanol–water partition coefficient (Wildman–Crippen LogP) is 2.24. The lowest BCUT2D eigenvalue weighted by atomic mass is 10.0. The molecule has 3 heteroatoms. The summed E-state index contributed by atoms with van der Waals surface area (Å²) in [6.07, 6.45) is 0. The first-order valence-electron chi connectivity index (χ1n) is 4.97. The number of hydrogen-bond acceptors (Lipinski definition) is 3. The van der Waals surface area contributed by atoms with Crippen molar-refractivity contribution in [2.45, 2.75) is 19.8 Å². The molecule has 0 saturated carbocycles. The molecule has 1 aromatic carbocycles. The van der Waals surface area contributed by atoms with Gasteiger partial charge in [-0.3, -0.25) is 5.01 Å². The lowest BCUT2D eigenvalue weighted by molar-refractivity contribution is 0.302. The quantitative estimate of drug-likeness (QED) is 0.584. The molecule has 1 aliphatic rings. The fraction of sp³-hybridized carbons (Fsp3) is 0.455. The van der Waals surface area contributed by atoms with Crippen LogP contribution in [0.4, 0.5) is 11.4 Å². The lowest BCUT2D eigenvalue weighted by Crippen LogP contribution is -2.36. The van der Waals surface area contributed by atoms with Crippen LogP contribution in [0.3, 0.4) is 0 Å². The number of hydrogen-bond donors (Lipinski definition) is 1. The second-order valence-electron chi connectivity index (χ2n) is 4.23. The standard InChI is InChI=1S/C11H17N3/c1-8(2)9-5-6-10-11(7-9)14(10)12-13(3)4/h5-8,12H,1-4H3. The number of benzene rings is 1. The van der Waals surface area contributed by atoms with Crippen LogP contribution in [0.15, 0.2) is 18.2 Å². The first-order valence-corrected chi connectivity index (χ1v) is 4.97. The Labute approximate surface area is 85.3 Å². The van der Waals surface area contributed by atoms with Crippen LogP contribution in [0.2, 0.25) is 0 Å². The molecule has 1 aliphatic heterocycles. The molecule has 0 unspecified atom stereocenters. The third-order valence-corrected chi connectivity index (χ3v) is 2.40. The first-order chi connectivity index (χ1) is 6.59. The van der Waals surface area contributed by atoms with E-state index in [0.717, 1.165) is 0 Å². The van der Waals surface area contributed by atoms with Gasteiger partial charge in [0.05, 0.1) is 11.4 Å². The third kappa shape index (κ3) is 1.61. The summed E-state index contributed by atoms with van der Waals surface area (Å²) in [6.45, 7) is 4.43. The smallest absolute Gasteiger partial charge is 0.0847 e. The van der Waals surface area contributed by atoms with Crippen molar-refractivity contribution < 1.29 is 0 Å². The fourth-order valence-electron chi connectivity index (χ4n) is 1.54. The van der Waals surface area contributed by atoms with Crippen LogP contribution in [0.1, 0.15) is 25.3 Å². The molecular formula is C11H17N3. The van der Waals surface area contributed by atoms with Gasteiger partial charge in [0.2, 0.25) is 0 Å². The average molecular weight is 191 g/mol. The van der Waals surface area contributed by atoms with Crippen molar-refractivity contribution in [3.63, 3.8) is 0 Å². The highest BCUT2D eigenvalue weighted by Crippen LogP contribution is 2.46. The van der Waals surface area contributed by atoms with Crippen molar-refractivity contribution in [2.24, 2.45) is 0 Å². The number of rotatable bonds is 3. The van der Waals surface area contributed by atoms with Crippen LogP contribution in [0, 0.1) is 0 Å². The predicted molar refractivity (Wildman–Crippen MR) is 59.5 cm³/mol. The SMILES string of the molecule is CC(C)c1ccc2c(c1)N2NN(C)C. The van der Waals surface area contributed by atoms with Crippen LogP contribution in [0.25, 0.3) is 0 Å². The Morgan fingerprint density at radius 2 is 1.93 bits per heavy atom. The van der Waals surface area contributed by atoms with Crippen molar-refractivity contribution in [3.8, 4) is 0 Å². The highest BCUT2D eigenvalue weighted by Gasteiger charge is 2.29. The monoisotopic (exact) mass is 191 g/mol. The van der Waals surface area contributed by atoms with Gasteiger partial charge < -0.3 is 0 Å². The fourth-order valence-corrected chi connectivity index (χ4v) is 1.54. The van der Waals surface area contributed by atoms with Gasteiger partial charge in [-0.15, -0.1) is 0 Å². The summed E-state index contributed by atoms with van der Waals surface area (Å²) >= 11 is 0. The molecule has 14 heavy (non-hydrogen) atoms. The average Bonchev–Trinajstić information content (AvgIpc) is 2.77. The van der Waals surface area contributed by atoms with Crippen molar-refractivity contribution >= 4 is 11.4 Å². The molecule has 0 spiro atoms. The first kappa shape index (κ1) is 9.49. The number of nitrogens with one attached hydrogen (secondary N) is 1. The summed E-state index contributed by atoms with van der Waals surface area (Å²) < 4.78 is 0. The van der Waals surface area contributed by atoms with E-state index in [1.165, 1.54) is 16.9 Å². The minimum absolute atomic E-state index is 0.599. The summed E-state index contributed by atoms with van der Waals surface area (Å²) in [5.74, 6) is 0.599. The number of hydrazine groups is 2. The van der Waals surface area contributed by atoms with Crippen molar-refractivity contribution in [1.82, 2.24) is 10.5 Å². The molecule has 3 nitrogen and oxygen atoms in total. The maximum atomic E-state index is 3.21. The Hall–Kier alpha value is -1.06. The molecule has 1 N–H and O–H groups in total. The third-order valence-electron chi connectivity index (χ3n) is 2.40. The highest BCUT2D eigenvalue weighted by atomic mass is 15.8. The molecular weight excluding hydrogens is 174 g/mol. The molecule has 0 amide bonds. The topological polar surface area (TPSA) is 18.3 Å². The number of anilines is 2. The van der Waals surface area contributed by atoms with E-state index in [0.29, 0.717) is 5.92 Å². The molecule has 0 aromatic heterocycles. The van der Waals surface area contributed by atoms with E-state index in [1.807, 2.05) is 19.1 Å². The normalized spacial score (nSPS) is 13.7. The summed E-state index contributed by atoms with van der Waals surface area (Å²) in [5, 5.41) is 4.03. The second-order valence-corrected chi connectivity index (χ2v) is 4.23. The Morgan fingerprint density at radius 1 is 1.21 bits per heavy atom. The van der Waals surface area contributed by atoms with E-state index < -0.39 is 0 Å². The van der Waals surface area contributed by atoms with Crippen LogP contribution in [-0.2, 0) is 0 Å². The van der Waals surface area contributed by atoms with Crippen LogP contribution in [0.5, 0.6) is 0 Å². The van der Waals surface area contributed by atoms with Gasteiger partial charge in [-0.2, -0.15) is 5.53 Å². The molecule has 1 heterocycles. The Bertz CT molecular complexity index is 344. The molecule has 0 radical (unpaired) electrons. The molecule has 1 aromatic rings. The molecule has 2 rings (SSSR count). The van der Waals surface area contributed by atoms with Gasteiger partial charge in [0, 0.05) is 14.1 Å². The number of fused-ring (bicyclic) bond motifs is 1.